The molecule has 1 aromatic carbocycles. The molecule has 0 saturated heterocycles. The minimum atomic E-state index is -0.0261. The fourth-order valence-electron chi connectivity index (χ4n) is 2.99. The van der Waals surface area contributed by atoms with Crippen LogP contribution in [0.1, 0.15) is 35.9 Å². The van der Waals surface area contributed by atoms with Crippen LogP contribution in [0.25, 0.3) is 11.5 Å². The molecule has 1 atom stereocenters. The Balaban J connectivity index is 1.63. The highest BCUT2D eigenvalue weighted by Gasteiger charge is 2.35. The van der Waals surface area contributed by atoms with Gasteiger partial charge in [0.2, 0.25) is 5.82 Å². The van der Waals surface area contributed by atoms with Crippen molar-refractivity contribution in [1.82, 2.24) is 15.5 Å². The van der Waals surface area contributed by atoms with E-state index in [9.17, 15) is 0 Å². The van der Waals surface area contributed by atoms with Crippen molar-refractivity contribution in [3.05, 3.63) is 35.2 Å². The molecule has 1 aliphatic carbocycles. The van der Waals surface area contributed by atoms with E-state index in [0.29, 0.717) is 17.6 Å². The molecule has 21 heavy (non-hydrogen) atoms. The maximum absolute atomic E-state index is 5.51. The summed E-state index contributed by atoms with van der Waals surface area (Å²) < 4.78 is 10.9. The maximum Gasteiger partial charge on any atom is 0.258 e. The summed E-state index contributed by atoms with van der Waals surface area (Å²) in [5, 5.41) is 7.50. The van der Waals surface area contributed by atoms with Crippen molar-refractivity contribution in [3.8, 4) is 11.5 Å². The number of methoxy groups -OCH3 is 1. The Morgan fingerprint density at radius 1 is 1.33 bits per heavy atom. The Kier molecular flexibility index (Phi) is 3.24. The van der Waals surface area contributed by atoms with Crippen LogP contribution in [0.4, 0.5) is 0 Å². The Bertz CT molecular complexity index is 649. The zero-order valence-electron chi connectivity index (χ0n) is 12.1. The third-order valence-corrected chi connectivity index (χ3v) is 4.34. The van der Waals surface area contributed by atoms with Crippen molar-refractivity contribution >= 4 is 0 Å². The second kappa shape index (κ2) is 5.24. The summed E-state index contributed by atoms with van der Waals surface area (Å²) in [6, 6.07) is 6.39. The maximum atomic E-state index is 5.51. The Labute approximate surface area is 123 Å². The van der Waals surface area contributed by atoms with E-state index in [1.165, 1.54) is 24.0 Å². The average molecular weight is 285 g/mol. The van der Waals surface area contributed by atoms with Crippen molar-refractivity contribution in [2.24, 2.45) is 5.92 Å². The van der Waals surface area contributed by atoms with E-state index in [1.807, 2.05) is 0 Å². The zero-order valence-corrected chi connectivity index (χ0v) is 12.1. The van der Waals surface area contributed by atoms with E-state index in [1.54, 1.807) is 7.11 Å². The summed E-state index contributed by atoms with van der Waals surface area (Å²) in [7, 11) is 1.71. The van der Waals surface area contributed by atoms with Gasteiger partial charge in [-0.3, -0.25) is 0 Å². The molecule has 110 valence electrons. The van der Waals surface area contributed by atoms with Crippen LogP contribution in [-0.4, -0.2) is 23.8 Å². The molecule has 1 aromatic heterocycles. The zero-order chi connectivity index (χ0) is 14.2. The molecular formula is C16H19N3O2. The van der Waals surface area contributed by atoms with E-state index in [2.05, 4.69) is 33.7 Å². The van der Waals surface area contributed by atoms with Crippen LogP contribution in [0.15, 0.2) is 22.7 Å². The number of fused-ring (bicyclic) bond motifs is 1. The van der Waals surface area contributed by atoms with E-state index < -0.39 is 0 Å². The summed E-state index contributed by atoms with van der Waals surface area (Å²) >= 11 is 0. The van der Waals surface area contributed by atoms with Gasteiger partial charge in [-0.15, -0.1) is 0 Å². The lowest BCUT2D eigenvalue weighted by atomic mass is 9.98. The number of rotatable bonds is 4. The topological polar surface area (TPSA) is 60.2 Å². The smallest absolute Gasteiger partial charge is 0.258 e. The number of nitrogens with one attached hydrogen (secondary N) is 1. The second-order valence-electron chi connectivity index (χ2n) is 5.86. The monoisotopic (exact) mass is 285 g/mol. The Morgan fingerprint density at radius 2 is 2.24 bits per heavy atom. The number of nitrogens with zero attached hydrogens (tertiary/aromatic N) is 2. The number of benzene rings is 1. The first kappa shape index (κ1) is 13.0. The molecule has 1 fully saturated rings. The fourth-order valence-corrected chi connectivity index (χ4v) is 2.99. The van der Waals surface area contributed by atoms with Gasteiger partial charge in [0.25, 0.3) is 5.89 Å². The molecule has 5 heteroatoms. The van der Waals surface area contributed by atoms with E-state index in [-0.39, 0.29) is 6.10 Å². The molecule has 2 heterocycles. The van der Waals surface area contributed by atoms with Crippen LogP contribution in [0.3, 0.4) is 0 Å². The molecule has 0 amide bonds. The molecule has 0 bridgehead atoms. The van der Waals surface area contributed by atoms with Crippen molar-refractivity contribution in [1.29, 1.82) is 0 Å². The molecule has 2 aliphatic rings. The van der Waals surface area contributed by atoms with Gasteiger partial charge < -0.3 is 14.6 Å². The van der Waals surface area contributed by atoms with Crippen LogP contribution in [-0.2, 0) is 17.7 Å². The quantitative estimate of drug-likeness (QED) is 0.935. The highest BCUT2D eigenvalue weighted by molar-refractivity contribution is 5.56. The Hall–Kier alpha value is -1.72. The fraction of sp³-hybridized carbons (Fsp3) is 0.500. The largest absolute Gasteiger partial charge is 0.373 e. The standard InChI is InChI=1S/C16H19N3O2/c1-20-14(11-3-4-11)15-18-16(21-19-15)12-5-2-10-6-7-17-9-13(10)8-12/h2,5,8,11,14,17H,3-4,6-7,9H2,1H3. The normalized spacial score (nSPS) is 19.3. The summed E-state index contributed by atoms with van der Waals surface area (Å²) in [6.45, 7) is 1.96. The van der Waals surface area contributed by atoms with E-state index in [4.69, 9.17) is 9.26 Å². The predicted molar refractivity (Wildman–Crippen MR) is 77.6 cm³/mol. The lowest BCUT2D eigenvalue weighted by Gasteiger charge is -2.17. The molecular weight excluding hydrogens is 266 g/mol. The van der Waals surface area contributed by atoms with Gasteiger partial charge in [0.05, 0.1) is 0 Å². The number of hydrogen-bond acceptors (Lipinski definition) is 5. The molecule has 1 unspecified atom stereocenters. The highest BCUT2D eigenvalue weighted by Crippen LogP contribution is 2.42. The third-order valence-electron chi connectivity index (χ3n) is 4.34. The SMILES string of the molecule is COC(c1noc(-c2ccc3c(c2)CNCC3)n1)C1CC1. The van der Waals surface area contributed by atoms with E-state index >= 15 is 0 Å². The van der Waals surface area contributed by atoms with Gasteiger partial charge in [0, 0.05) is 19.2 Å². The van der Waals surface area contributed by atoms with E-state index in [0.717, 1.165) is 25.1 Å². The van der Waals surface area contributed by atoms with Crippen LogP contribution in [0, 0.1) is 5.92 Å². The number of ether oxygens (including phenoxy) is 1. The van der Waals surface area contributed by atoms with Gasteiger partial charge in [-0.25, -0.2) is 0 Å². The van der Waals surface area contributed by atoms with Crippen molar-refractivity contribution < 1.29 is 9.26 Å². The summed E-state index contributed by atoms with van der Waals surface area (Å²) in [6.07, 6.45) is 3.43. The summed E-state index contributed by atoms with van der Waals surface area (Å²) in [5.41, 5.74) is 3.72. The highest BCUT2D eigenvalue weighted by atomic mass is 16.5. The van der Waals surface area contributed by atoms with Gasteiger partial charge in [0.15, 0.2) is 0 Å². The first-order valence-corrected chi connectivity index (χ1v) is 7.54. The number of aromatic nitrogens is 2. The molecule has 0 radical (unpaired) electrons. The van der Waals surface area contributed by atoms with Gasteiger partial charge in [-0.2, -0.15) is 4.98 Å². The predicted octanol–water partition coefficient (Wildman–Crippen LogP) is 2.48. The van der Waals surface area contributed by atoms with Crippen LogP contribution in [0.2, 0.25) is 0 Å². The Morgan fingerprint density at radius 3 is 3.05 bits per heavy atom. The summed E-state index contributed by atoms with van der Waals surface area (Å²) in [4.78, 5) is 4.54. The second-order valence-corrected chi connectivity index (χ2v) is 5.86. The van der Waals surface area contributed by atoms with Crippen LogP contribution >= 0.6 is 0 Å². The van der Waals surface area contributed by atoms with Gasteiger partial charge >= 0.3 is 0 Å². The molecule has 5 nitrogen and oxygen atoms in total. The molecule has 2 aromatic rings. The average Bonchev–Trinajstić information content (AvgIpc) is 3.24. The molecule has 0 spiro atoms. The lowest BCUT2D eigenvalue weighted by Crippen LogP contribution is -2.23. The van der Waals surface area contributed by atoms with Crippen molar-refractivity contribution in [2.75, 3.05) is 13.7 Å². The van der Waals surface area contributed by atoms with Crippen LogP contribution < -0.4 is 5.32 Å². The molecule has 1 N–H and O–H groups in total. The molecule has 1 aliphatic heterocycles. The minimum Gasteiger partial charge on any atom is -0.373 e. The van der Waals surface area contributed by atoms with Crippen LogP contribution in [0.5, 0.6) is 0 Å². The molecule has 1 saturated carbocycles. The minimum absolute atomic E-state index is 0.0261. The lowest BCUT2D eigenvalue weighted by molar-refractivity contribution is 0.0751. The van der Waals surface area contributed by atoms with Gasteiger partial charge in [-0.05, 0) is 55.0 Å². The third kappa shape index (κ3) is 2.47. The van der Waals surface area contributed by atoms with Crippen molar-refractivity contribution in [3.63, 3.8) is 0 Å². The van der Waals surface area contributed by atoms with Gasteiger partial charge in [0.1, 0.15) is 6.10 Å². The first-order valence-electron chi connectivity index (χ1n) is 7.54. The first-order chi connectivity index (χ1) is 10.3. The van der Waals surface area contributed by atoms with Crippen molar-refractivity contribution in [2.45, 2.75) is 31.9 Å². The number of hydrogen-bond donors (Lipinski definition) is 1. The van der Waals surface area contributed by atoms with Gasteiger partial charge in [-0.1, -0.05) is 11.2 Å². The summed E-state index contributed by atoms with van der Waals surface area (Å²) in [5.74, 6) is 1.81. The molecule has 4 rings (SSSR count).